The largest absolute Gasteiger partial charge is 0.496 e. The molecule has 16 heavy (non-hydrogen) atoms. The van der Waals surface area contributed by atoms with E-state index in [0.29, 0.717) is 0 Å². The topological polar surface area (TPSA) is 35.2 Å². The number of hydrogen-bond acceptors (Lipinski definition) is 2. The van der Waals surface area contributed by atoms with Gasteiger partial charge in [0.1, 0.15) is 5.75 Å². The van der Waals surface area contributed by atoms with E-state index in [-0.39, 0.29) is 18.4 Å². The van der Waals surface area contributed by atoms with Crippen molar-refractivity contribution in [2.45, 2.75) is 39.7 Å². The highest BCUT2D eigenvalue weighted by molar-refractivity contribution is 5.85. The van der Waals surface area contributed by atoms with E-state index in [1.165, 1.54) is 16.7 Å². The Bertz CT molecular complexity index is 339. The first-order chi connectivity index (χ1) is 7.08. The maximum atomic E-state index is 5.96. The maximum Gasteiger partial charge on any atom is 0.122 e. The van der Waals surface area contributed by atoms with Crippen LogP contribution in [-0.4, -0.2) is 13.2 Å². The Kier molecular flexibility index (Phi) is 6.46. The molecule has 2 nitrogen and oxygen atoms in total. The third-order valence-electron chi connectivity index (χ3n) is 2.90. The van der Waals surface area contributed by atoms with Gasteiger partial charge in [0.15, 0.2) is 0 Å². The van der Waals surface area contributed by atoms with Crippen LogP contribution in [0.3, 0.4) is 0 Å². The summed E-state index contributed by atoms with van der Waals surface area (Å²) in [5.41, 5.74) is 9.74. The minimum absolute atomic E-state index is 0. The van der Waals surface area contributed by atoms with Gasteiger partial charge in [-0.25, -0.2) is 0 Å². The zero-order valence-corrected chi connectivity index (χ0v) is 11.4. The van der Waals surface area contributed by atoms with E-state index in [1.807, 2.05) is 0 Å². The summed E-state index contributed by atoms with van der Waals surface area (Å²) in [5, 5.41) is 0. The number of methoxy groups -OCH3 is 1. The fourth-order valence-corrected chi connectivity index (χ4v) is 1.63. The molecule has 0 saturated carbocycles. The summed E-state index contributed by atoms with van der Waals surface area (Å²) in [5.74, 6) is 0.960. The van der Waals surface area contributed by atoms with Crippen molar-refractivity contribution in [3.05, 3.63) is 28.8 Å². The Balaban J connectivity index is 0.00000225. The van der Waals surface area contributed by atoms with E-state index in [9.17, 15) is 0 Å². The lowest BCUT2D eigenvalue weighted by Gasteiger charge is -2.14. The summed E-state index contributed by atoms with van der Waals surface area (Å²) in [6.45, 7) is 6.33. The lowest BCUT2D eigenvalue weighted by molar-refractivity contribution is 0.407. The highest BCUT2D eigenvalue weighted by Gasteiger charge is 2.09. The molecular formula is C13H22ClNO. The molecule has 1 atom stereocenters. The van der Waals surface area contributed by atoms with Gasteiger partial charge in [-0.3, -0.25) is 0 Å². The lowest BCUT2D eigenvalue weighted by atomic mass is 9.99. The monoisotopic (exact) mass is 243 g/mol. The second kappa shape index (κ2) is 6.77. The molecule has 0 aliphatic rings. The number of hydrogen-bond donors (Lipinski definition) is 1. The molecule has 0 saturated heterocycles. The molecule has 92 valence electrons. The van der Waals surface area contributed by atoms with Crippen LogP contribution in [0.4, 0.5) is 0 Å². The van der Waals surface area contributed by atoms with Gasteiger partial charge >= 0.3 is 0 Å². The van der Waals surface area contributed by atoms with E-state index in [0.717, 1.165) is 18.6 Å². The highest BCUT2D eigenvalue weighted by Crippen LogP contribution is 2.24. The van der Waals surface area contributed by atoms with Gasteiger partial charge in [-0.05, 0) is 49.4 Å². The number of halogens is 1. The second-order valence-corrected chi connectivity index (χ2v) is 4.12. The molecule has 2 N–H and O–H groups in total. The zero-order valence-electron chi connectivity index (χ0n) is 10.5. The quantitative estimate of drug-likeness (QED) is 0.883. The molecule has 0 aliphatic carbocycles. The molecule has 0 amide bonds. The Morgan fingerprint density at radius 2 is 1.81 bits per heavy atom. The van der Waals surface area contributed by atoms with Crippen LogP contribution in [0, 0.1) is 13.8 Å². The smallest absolute Gasteiger partial charge is 0.122 e. The van der Waals surface area contributed by atoms with Crippen LogP contribution in [0.15, 0.2) is 12.1 Å². The molecule has 0 radical (unpaired) electrons. The SMILES string of the molecule is CCC(N)Cc1cc(C)c(C)cc1OC.Cl. The number of aryl methyl sites for hydroxylation is 2. The summed E-state index contributed by atoms with van der Waals surface area (Å²) < 4.78 is 5.37. The van der Waals surface area contributed by atoms with E-state index < -0.39 is 0 Å². The molecule has 0 aliphatic heterocycles. The molecule has 1 aromatic rings. The third kappa shape index (κ3) is 3.69. The van der Waals surface area contributed by atoms with Crippen LogP contribution in [0.25, 0.3) is 0 Å². The van der Waals surface area contributed by atoms with Crippen molar-refractivity contribution < 1.29 is 4.74 Å². The second-order valence-electron chi connectivity index (χ2n) is 4.12. The van der Waals surface area contributed by atoms with Crippen molar-refractivity contribution in [3.8, 4) is 5.75 Å². The molecule has 1 rings (SSSR count). The summed E-state index contributed by atoms with van der Waals surface area (Å²) in [6, 6.07) is 4.50. The van der Waals surface area contributed by atoms with Gasteiger partial charge in [0.2, 0.25) is 0 Å². The average molecular weight is 244 g/mol. The Labute approximate surface area is 105 Å². The normalized spacial score (nSPS) is 11.8. The fraction of sp³-hybridized carbons (Fsp3) is 0.538. The Morgan fingerprint density at radius 3 is 2.31 bits per heavy atom. The molecule has 1 aromatic carbocycles. The number of ether oxygens (including phenoxy) is 1. The first-order valence-corrected chi connectivity index (χ1v) is 5.48. The first kappa shape index (κ1) is 15.3. The number of rotatable bonds is 4. The predicted octanol–water partition coefficient (Wildman–Crippen LogP) is 3.01. The molecular weight excluding hydrogens is 222 g/mol. The van der Waals surface area contributed by atoms with Gasteiger partial charge < -0.3 is 10.5 Å². The third-order valence-corrected chi connectivity index (χ3v) is 2.90. The van der Waals surface area contributed by atoms with Crippen LogP contribution in [0.1, 0.15) is 30.0 Å². The van der Waals surface area contributed by atoms with Crippen molar-refractivity contribution in [3.63, 3.8) is 0 Å². The van der Waals surface area contributed by atoms with E-state index in [1.54, 1.807) is 7.11 Å². The number of nitrogens with two attached hydrogens (primary N) is 1. The Morgan fingerprint density at radius 1 is 1.25 bits per heavy atom. The minimum Gasteiger partial charge on any atom is -0.496 e. The van der Waals surface area contributed by atoms with Crippen molar-refractivity contribution >= 4 is 12.4 Å². The van der Waals surface area contributed by atoms with Crippen molar-refractivity contribution in [2.24, 2.45) is 5.73 Å². The van der Waals surface area contributed by atoms with Gasteiger partial charge in [-0.15, -0.1) is 12.4 Å². The minimum atomic E-state index is 0. The van der Waals surface area contributed by atoms with E-state index >= 15 is 0 Å². The lowest BCUT2D eigenvalue weighted by Crippen LogP contribution is -2.21. The summed E-state index contributed by atoms with van der Waals surface area (Å²) in [7, 11) is 1.71. The standard InChI is InChI=1S/C13H21NO.ClH/c1-5-12(14)8-11-6-9(2)10(3)7-13(11)15-4;/h6-7,12H,5,8,14H2,1-4H3;1H. The molecule has 0 spiro atoms. The number of benzene rings is 1. The molecule has 1 unspecified atom stereocenters. The van der Waals surface area contributed by atoms with E-state index in [2.05, 4.69) is 32.9 Å². The van der Waals surface area contributed by atoms with Crippen LogP contribution in [-0.2, 0) is 6.42 Å². The first-order valence-electron chi connectivity index (χ1n) is 5.48. The van der Waals surface area contributed by atoms with Crippen LogP contribution < -0.4 is 10.5 Å². The van der Waals surface area contributed by atoms with Gasteiger partial charge in [0.05, 0.1) is 7.11 Å². The molecule has 0 aromatic heterocycles. The molecule has 0 heterocycles. The van der Waals surface area contributed by atoms with Gasteiger partial charge in [0.25, 0.3) is 0 Å². The molecule has 0 fully saturated rings. The van der Waals surface area contributed by atoms with Crippen LogP contribution >= 0.6 is 12.4 Å². The van der Waals surface area contributed by atoms with Gasteiger partial charge in [-0.2, -0.15) is 0 Å². The predicted molar refractivity (Wildman–Crippen MR) is 71.7 cm³/mol. The van der Waals surface area contributed by atoms with Gasteiger partial charge in [-0.1, -0.05) is 13.0 Å². The van der Waals surface area contributed by atoms with Crippen molar-refractivity contribution in [1.29, 1.82) is 0 Å². The average Bonchev–Trinajstić information content (AvgIpc) is 2.22. The Hall–Kier alpha value is -0.730. The summed E-state index contributed by atoms with van der Waals surface area (Å²) in [4.78, 5) is 0. The van der Waals surface area contributed by atoms with E-state index in [4.69, 9.17) is 10.5 Å². The van der Waals surface area contributed by atoms with Gasteiger partial charge in [0, 0.05) is 6.04 Å². The maximum absolute atomic E-state index is 5.96. The van der Waals surface area contributed by atoms with Crippen LogP contribution in [0.5, 0.6) is 5.75 Å². The molecule has 0 bridgehead atoms. The fourth-order valence-electron chi connectivity index (χ4n) is 1.63. The molecule has 3 heteroatoms. The zero-order chi connectivity index (χ0) is 11.4. The highest BCUT2D eigenvalue weighted by atomic mass is 35.5. The van der Waals surface area contributed by atoms with Crippen molar-refractivity contribution in [1.82, 2.24) is 0 Å². The van der Waals surface area contributed by atoms with Crippen molar-refractivity contribution in [2.75, 3.05) is 7.11 Å². The summed E-state index contributed by atoms with van der Waals surface area (Å²) >= 11 is 0. The van der Waals surface area contributed by atoms with Crippen LogP contribution in [0.2, 0.25) is 0 Å². The summed E-state index contributed by atoms with van der Waals surface area (Å²) in [6.07, 6.45) is 1.89.